The van der Waals surface area contributed by atoms with E-state index < -0.39 is 23.3 Å². The zero-order valence-corrected chi connectivity index (χ0v) is 17.4. The minimum absolute atomic E-state index is 0.198. The molecule has 4 rings (SSSR count). The van der Waals surface area contributed by atoms with Gasteiger partial charge in [-0.25, -0.2) is 14.2 Å². The van der Waals surface area contributed by atoms with Crippen molar-refractivity contribution in [2.75, 3.05) is 11.9 Å². The first-order valence-electron chi connectivity index (χ1n) is 9.82. The van der Waals surface area contributed by atoms with Crippen molar-refractivity contribution in [3.05, 3.63) is 93.9 Å². The summed E-state index contributed by atoms with van der Waals surface area (Å²) in [5.74, 6) is -0.649. The van der Waals surface area contributed by atoms with Gasteiger partial charge in [-0.15, -0.1) is 4.57 Å². The lowest BCUT2D eigenvalue weighted by Gasteiger charge is -2.09. The van der Waals surface area contributed by atoms with E-state index >= 15 is 0 Å². The molecule has 2 aromatic carbocycles. The van der Waals surface area contributed by atoms with Crippen LogP contribution in [-0.4, -0.2) is 28.0 Å². The summed E-state index contributed by atoms with van der Waals surface area (Å²) in [4.78, 5) is 40.8. The number of nitrogens with zero attached hydrogens (tertiary/aromatic N) is 2. The maximum atomic E-state index is 12.9. The molecule has 0 unspecified atom stereocenters. The van der Waals surface area contributed by atoms with Gasteiger partial charge >= 0.3 is 5.97 Å². The van der Waals surface area contributed by atoms with Gasteiger partial charge in [0.05, 0.1) is 11.3 Å². The lowest BCUT2D eigenvalue weighted by molar-refractivity contribution is -0.118. The molecule has 0 saturated carbocycles. The molecule has 4 aromatic rings. The minimum atomic E-state index is -0.654. The fraction of sp³-hybridized carbons (Fsp3) is 0.130. The van der Waals surface area contributed by atoms with Crippen LogP contribution < -0.4 is 15.6 Å². The number of halogens is 1. The summed E-state index contributed by atoms with van der Waals surface area (Å²) >= 11 is 0. The highest BCUT2D eigenvalue weighted by atomic mass is 19.1. The summed E-state index contributed by atoms with van der Waals surface area (Å²) in [5.41, 5.74) is 0.731. The minimum Gasteiger partial charge on any atom is -0.484 e. The molecule has 0 aliphatic carbocycles. The van der Waals surface area contributed by atoms with Crippen LogP contribution >= 0.6 is 0 Å². The molecule has 9 nitrogen and oxygen atoms in total. The Bertz CT molecular complexity index is 1380. The van der Waals surface area contributed by atoms with E-state index in [4.69, 9.17) is 14.0 Å². The highest BCUT2D eigenvalue weighted by Gasteiger charge is 2.12. The molecule has 1 N–H and O–H groups in total. The summed E-state index contributed by atoms with van der Waals surface area (Å²) in [7, 11) is 0. The van der Waals surface area contributed by atoms with E-state index in [0.29, 0.717) is 22.8 Å². The highest BCUT2D eigenvalue weighted by molar-refractivity contribution is 5.95. The Labute approximate surface area is 186 Å². The summed E-state index contributed by atoms with van der Waals surface area (Å²) in [6.45, 7) is 1.18. The van der Waals surface area contributed by atoms with E-state index in [1.165, 1.54) is 42.5 Å². The summed E-state index contributed by atoms with van der Waals surface area (Å²) in [6, 6.07) is 14.2. The number of carbonyl (C=O) groups excluding carboxylic acids is 2. The van der Waals surface area contributed by atoms with Crippen molar-refractivity contribution in [1.29, 1.82) is 0 Å². The molecule has 0 spiro atoms. The number of ether oxygens (including phenoxy) is 2. The predicted molar refractivity (Wildman–Crippen MR) is 115 cm³/mol. The normalized spacial score (nSPS) is 10.7. The van der Waals surface area contributed by atoms with Gasteiger partial charge in [0.2, 0.25) is 0 Å². The van der Waals surface area contributed by atoms with Crippen LogP contribution in [0.1, 0.15) is 21.8 Å². The number of fused-ring (bicyclic) bond motifs is 1. The standard InChI is InChI=1S/C23H18FN3O6/c1-14-9-20-25-18(11-22(29)27(20)33-14)12-32-23(30)15-3-2-4-17(10-15)26-21(28)13-31-19-7-5-16(24)6-8-19/h2-11H,12-13H2,1H3,(H,26,28). The Morgan fingerprint density at radius 2 is 1.91 bits per heavy atom. The number of amides is 1. The SMILES string of the molecule is Cc1cc2nc(COC(=O)c3cccc(NC(=O)COc4ccc(F)cc4)c3)cc(=O)n2o1. The fourth-order valence-electron chi connectivity index (χ4n) is 2.97. The number of esters is 1. The van der Waals surface area contributed by atoms with Gasteiger partial charge in [0.1, 0.15) is 23.9 Å². The molecule has 0 bridgehead atoms. The first-order valence-corrected chi connectivity index (χ1v) is 9.82. The number of carbonyl (C=O) groups is 2. The Hall–Kier alpha value is -4.47. The van der Waals surface area contributed by atoms with Crippen molar-refractivity contribution >= 4 is 23.2 Å². The molecule has 2 aromatic heterocycles. The molecule has 0 atom stereocenters. The van der Waals surface area contributed by atoms with Gasteiger partial charge in [-0.1, -0.05) is 6.07 Å². The van der Waals surface area contributed by atoms with E-state index in [0.717, 1.165) is 4.57 Å². The highest BCUT2D eigenvalue weighted by Crippen LogP contribution is 2.14. The third-order valence-electron chi connectivity index (χ3n) is 4.44. The van der Waals surface area contributed by atoms with E-state index in [2.05, 4.69) is 10.3 Å². The van der Waals surface area contributed by atoms with E-state index in [-0.39, 0.29) is 24.5 Å². The fourth-order valence-corrected chi connectivity index (χ4v) is 2.97. The van der Waals surface area contributed by atoms with E-state index in [1.54, 1.807) is 25.1 Å². The number of rotatable bonds is 7. The van der Waals surface area contributed by atoms with Crippen LogP contribution in [0.25, 0.3) is 5.65 Å². The average molecular weight is 451 g/mol. The smallest absolute Gasteiger partial charge is 0.338 e. The molecular formula is C23H18FN3O6. The largest absolute Gasteiger partial charge is 0.484 e. The van der Waals surface area contributed by atoms with Crippen LogP contribution in [0.15, 0.2) is 70.0 Å². The molecule has 0 radical (unpaired) electrons. The number of nitrogens with one attached hydrogen (secondary N) is 1. The molecule has 1 amide bonds. The molecule has 168 valence electrons. The van der Waals surface area contributed by atoms with Crippen molar-refractivity contribution in [2.45, 2.75) is 13.5 Å². The second kappa shape index (κ2) is 9.35. The molecule has 2 heterocycles. The third kappa shape index (κ3) is 5.42. The maximum Gasteiger partial charge on any atom is 0.338 e. The quantitative estimate of drug-likeness (QED) is 0.430. The first-order chi connectivity index (χ1) is 15.9. The van der Waals surface area contributed by atoms with Crippen molar-refractivity contribution in [3.8, 4) is 5.75 Å². The van der Waals surface area contributed by atoms with Crippen LogP contribution in [0.5, 0.6) is 5.75 Å². The number of benzene rings is 2. The number of anilines is 1. The summed E-state index contributed by atoms with van der Waals surface area (Å²) < 4.78 is 29.7. The molecule has 0 aliphatic rings. The first kappa shape index (κ1) is 21.8. The molecule has 0 aliphatic heterocycles. The lowest BCUT2D eigenvalue weighted by atomic mass is 10.2. The van der Waals surface area contributed by atoms with Crippen LogP contribution in [-0.2, 0) is 16.1 Å². The van der Waals surface area contributed by atoms with Crippen molar-refractivity contribution < 1.29 is 28.0 Å². The van der Waals surface area contributed by atoms with Crippen LogP contribution in [0, 0.1) is 12.7 Å². The number of aryl methyl sites for hydroxylation is 1. The Kier molecular flexibility index (Phi) is 6.16. The number of hydrogen-bond acceptors (Lipinski definition) is 7. The maximum absolute atomic E-state index is 12.9. The Morgan fingerprint density at radius 1 is 1.12 bits per heavy atom. The topological polar surface area (TPSA) is 112 Å². The van der Waals surface area contributed by atoms with Gasteiger partial charge in [-0.2, -0.15) is 0 Å². The molecule has 0 saturated heterocycles. The number of hydrogen-bond donors (Lipinski definition) is 1. The van der Waals surface area contributed by atoms with Crippen molar-refractivity contribution in [2.24, 2.45) is 0 Å². The molecule has 10 heteroatoms. The van der Waals surface area contributed by atoms with Crippen molar-refractivity contribution in [1.82, 2.24) is 9.56 Å². The van der Waals surface area contributed by atoms with Gasteiger partial charge in [-0.05, 0) is 49.4 Å². The van der Waals surface area contributed by atoms with Gasteiger partial charge in [0.15, 0.2) is 12.3 Å². The Balaban J connectivity index is 1.34. The number of aromatic nitrogens is 2. The van der Waals surface area contributed by atoms with Crippen molar-refractivity contribution in [3.63, 3.8) is 0 Å². The second-order valence-electron chi connectivity index (χ2n) is 7.03. The third-order valence-corrected chi connectivity index (χ3v) is 4.44. The molecular weight excluding hydrogens is 433 g/mol. The van der Waals surface area contributed by atoms with Crippen LogP contribution in [0.3, 0.4) is 0 Å². The van der Waals surface area contributed by atoms with Gasteiger partial charge in [0.25, 0.3) is 11.5 Å². The zero-order chi connectivity index (χ0) is 23.4. The van der Waals surface area contributed by atoms with Gasteiger partial charge < -0.3 is 19.3 Å². The lowest BCUT2D eigenvalue weighted by Crippen LogP contribution is -2.20. The van der Waals surface area contributed by atoms with Crippen LogP contribution in [0.2, 0.25) is 0 Å². The summed E-state index contributed by atoms with van der Waals surface area (Å²) in [5, 5.41) is 2.61. The van der Waals surface area contributed by atoms with Crippen LogP contribution in [0.4, 0.5) is 10.1 Å². The summed E-state index contributed by atoms with van der Waals surface area (Å²) in [6.07, 6.45) is 0. The second-order valence-corrected chi connectivity index (χ2v) is 7.03. The molecule has 33 heavy (non-hydrogen) atoms. The average Bonchev–Trinajstić information content (AvgIpc) is 3.18. The molecule has 0 fully saturated rings. The Morgan fingerprint density at radius 3 is 2.70 bits per heavy atom. The van der Waals surface area contributed by atoms with E-state index in [9.17, 15) is 18.8 Å². The monoisotopic (exact) mass is 451 g/mol. The van der Waals surface area contributed by atoms with E-state index in [1.807, 2.05) is 0 Å². The van der Waals surface area contributed by atoms with Gasteiger partial charge in [0, 0.05) is 17.8 Å². The predicted octanol–water partition coefficient (Wildman–Crippen LogP) is 3.11. The van der Waals surface area contributed by atoms with Gasteiger partial charge in [-0.3, -0.25) is 9.59 Å². The zero-order valence-electron chi connectivity index (χ0n) is 17.4.